The molecule has 0 saturated carbocycles. The minimum absolute atomic E-state index is 0.105. The maximum absolute atomic E-state index is 11.6. The van der Waals surface area contributed by atoms with Crippen molar-refractivity contribution in [3.63, 3.8) is 0 Å². The van der Waals surface area contributed by atoms with Gasteiger partial charge in [-0.1, -0.05) is 6.92 Å². The van der Waals surface area contributed by atoms with Crippen LogP contribution in [0.4, 0.5) is 0 Å². The van der Waals surface area contributed by atoms with Gasteiger partial charge in [-0.2, -0.15) is 0 Å². The SMILES string of the molecule is CCCNC(=O)CC1NCCc2occc21. The minimum atomic E-state index is 0.105. The van der Waals surface area contributed by atoms with Gasteiger partial charge in [0.1, 0.15) is 5.76 Å². The molecule has 0 saturated heterocycles. The molecule has 2 heterocycles. The van der Waals surface area contributed by atoms with Gasteiger partial charge in [-0.05, 0) is 12.5 Å². The lowest BCUT2D eigenvalue weighted by Crippen LogP contribution is -2.34. The number of carbonyl (C=O) groups is 1. The maximum Gasteiger partial charge on any atom is 0.221 e. The fraction of sp³-hybridized carbons (Fsp3) is 0.583. The van der Waals surface area contributed by atoms with Crippen LogP contribution in [0.25, 0.3) is 0 Å². The summed E-state index contributed by atoms with van der Waals surface area (Å²) in [5.74, 6) is 1.13. The van der Waals surface area contributed by atoms with Crippen molar-refractivity contribution < 1.29 is 9.21 Å². The number of hydrogen-bond donors (Lipinski definition) is 2. The summed E-state index contributed by atoms with van der Waals surface area (Å²) >= 11 is 0. The molecular weight excluding hydrogens is 204 g/mol. The van der Waals surface area contributed by atoms with Crippen molar-refractivity contribution in [1.82, 2.24) is 10.6 Å². The van der Waals surface area contributed by atoms with E-state index in [4.69, 9.17) is 4.42 Å². The Morgan fingerprint density at radius 2 is 2.56 bits per heavy atom. The van der Waals surface area contributed by atoms with Crippen LogP contribution >= 0.6 is 0 Å². The predicted octanol–water partition coefficient (Wildman–Crippen LogP) is 1.38. The van der Waals surface area contributed by atoms with Gasteiger partial charge in [0.2, 0.25) is 5.91 Å². The first-order valence-electron chi connectivity index (χ1n) is 5.87. The standard InChI is InChI=1S/C12H18N2O2/c1-2-5-14-12(15)8-10-9-4-7-16-11(9)3-6-13-10/h4,7,10,13H,2-3,5-6,8H2,1H3,(H,14,15). The molecule has 1 aromatic rings. The Morgan fingerprint density at radius 1 is 1.69 bits per heavy atom. The highest BCUT2D eigenvalue weighted by atomic mass is 16.3. The Bertz CT molecular complexity index is 360. The molecule has 1 aliphatic rings. The van der Waals surface area contributed by atoms with Crippen LogP contribution in [0, 0.1) is 0 Å². The van der Waals surface area contributed by atoms with Gasteiger partial charge >= 0.3 is 0 Å². The van der Waals surface area contributed by atoms with Crippen LogP contribution in [-0.2, 0) is 11.2 Å². The van der Waals surface area contributed by atoms with Crippen molar-refractivity contribution in [3.05, 3.63) is 23.7 Å². The third-order valence-corrected chi connectivity index (χ3v) is 2.86. The molecule has 0 fully saturated rings. The van der Waals surface area contributed by atoms with Crippen LogP contribution in [0.3, 0.4) is 0 Å². The highest BCUT2D eigenvalue weighted by Crippen LogP contribution is 2.25. The third kappa shape index (κ3) is 2.44. The molecule has 1 atom stereocenters. The molecule has 88 valence electrons. The topological polar surface area (TPSA) is 54.3 Å². The highest BCUT2D eigenvalue weighted by Gasteiger charge is 2.23. The van der Waals surface area contributed by atoms with Crippen molar-refractivity contribution in [1.29, 1.82) is 0 Å². The summed E-state index contributed by atoms with van der Waals surface area (Å²) in [4.78, 5) is 11.6. The van der Waals surface area contributed by atoms with E-state index in [2.05, 4.69) is 10.6 Å². The van der Waals surface area contributed by atoms with Crippen molar-refractivity contribution in [3.8, 4) is 0 Å². The molecule has 0 aliphatic carbocycles. The summed E-state index contributed by atoms with van der Waals surface area (Å²) in [7, 11) is 0. The van der Waals surface area contributed by atoms with E-state index in [0.29, 0.717) is 6.42 Å². The molecular formula is C12H18N2O2. The second-order valence-electron chi connectivity index (χ2n) is 4.11. The van der Waals surface area contributed by atoms with Gasteiger partial charge in [-0.25, -0.2) is 0 Å². The van der Waals surface area contributed by atoms with Gasteiger partial charge in [-0.15, -0.1) is 0 Å². The van der Waals surface area contributed by atoms with Gasteiger partial charge in [0.15, 0.2) is 0 Å². The molecule has 2 N–H and O–H groups in total. The summed E-state index contributed by atoms with van der Waals surface area (Å²) in [5.41, 5.74) is 1.14. The zero-order chi connectivity index (χ0) is 11.4. The lowest BCUT2D eigenvalue weighted by molar-refractivity contribution is -0.121. The van der Waals surface area contributed by atoms with E-state index in [9.17, 15) is 4.79 Å². The number of furan rings is 1. The summed E-state index contributed by atoms with van der Waals surface area (Å²) in [6.45, 7) is 3.68. The second kappa shape index (κ2) is 5.16. The first-order valence-corrected chi connectivity index (χ1v) is 5.87. The van der Waals surface area contributed by atoms with Crippen LogP contribution in [-0.4, -0.2) is 19.0 Å². The van der Waals surface area contributed by atoms with E-state index in [1.165, 1.54) is 0 Å². The Balaban J connectivity index is 1.94. The molecule has 0 aromatic carbocycles. The number of hydrogen-bond acceptors (Lipinski definition) is 3. The van der Waals surface area contributed by atoms with Gasteiger partial charge in [0.05, 0.1) is 6.26 Å². The zero-order valence-corrected chi connectivity index (χ0v) is 9.58. The van der Waals surface area contributed by atoms with E-state index >= 15 is 0 Å². The maximum atomic E-state index is 11.6. The number of nitrogens with one attached hydrogen (secondary N) is 2. The predicted molar refractivity (Wildman–Crippen MR) is 61.1 cm³/mol. The molecule has 4 nitrogen and oxygen atoms in total. The minimum Gasteiger partial charge on any atom is -0.469 e. The fourth-order valence-electron chi connectivity index (χ4n) is 2.04. The van der Waals surface area contributed by atoms with Crippen molar-refractivity contribution >= 4 is 5.91 Å². The van der Waals surface area contributed by atoms with Crippen LogP contribution in [0.2, 0.25) is 0 Å². The average molecular weight is 222 g/mol. The van der Waals surface area contributed by atoms with E-state index in [1.54, 1.807) is 6.26 Å². The number of amides is 1. The molecule has 0 bridgehead atoms. The van der Waals surface area contributed by atoms with E-state index < -0.39 is 0 Å². The molecule has 2 rings (SSSR count). The Morgan fingerprint density at radius 3 is 3.38 bits per heavy atom. The molecule has 1 amide bonds. The largest absolute Gasteiger partial charge is 0.469 e. The summed E-state index contributed by atoms with van der Waals surface area (Å²) in [6, 6.07) is 2.07. The quantitative estimate of drug-likeness (QED) is 0.809. The summed E-state index contributed by atoms with van der Waals surface area (Å²) < 4.78 is 5.38. The number of rotatable bonds is 4. The van der Waals surface area contributed by atoms with E-state index in [1.807, 2.05) is 13.0 Å². The monoisotopic (exact) mass is 222 g/mol. The summed E-state index contributed by atoms with van der Waals surface area (Å²) in [5, 5.41) is 6.24. The first kappa shape index (κ1) is 11.2. The van der Waals surface area contributed by atoms with Crippen LogP contribution in [0.5, 0.6) is 0 Å². The fourth-order valence-corrected chi connectivity index (χ4v) is 2.04. The van der Waals surface area contributed by atoms with Gasteiger partial charge in [0, 0.05) is 37.5 Å². The van der Waals surface area contributed by atoms with Crippen LogP contribution < -0.4 is 10.6 Å². The smallest absolute Gasteiger partial charge is 0.221 e. The Kier molecular flexibility index (Phi) is 3.62. The van der Waals surface area contributed by atoms with E-state index in [-0.39, 0.29) is 11.9 Å². The molecule has 0 radical (unpaired) electrons. The Hall–Kier alpha value is -1.29. The molecule has 4 heteroatoms. The zero-order valence-electron chi connectivity index (χ0n) is 9.58. The van der Waals surface area contributed by atoms with Gasteiger partial charge in [0.25, 0.3) is 0 Å². The summed E-state index contributed by atoms with van der Waals surface area (Å²) in [6.07, 6.45) is 4.08. The number of fused-ring (bicyclic) bond motifs is 1. The molecule has 1 aliphatic heterocycles. The lowest BCUT2D eigenvalue weighted by Gasteiger charge is -2.22. The van der Waals surface area contributed by atoms with Crippen molar-refractivity contribution in [2.75, 3.05) is 13.1 Å². The van der Waals surface area contributed by atoms with Gasteiger partial charge in [-0.3, -0.25) is 4.79 Å². The third-order valence-electron chi connectivity index (χ3n) is 2.86. The molecule has 1 aromatic heterocycles. The van der Waals surface area contributed by atoms with Crippen molar-refractivity contribution in [2.45, 2.75) is 32.2 Å². The van der Waals surface area contributed by atoms with E-state index in [0.717, 1.165) is 37.3 Å². The normalized spacial score (nSPS) is 19.2. The van der Waals surface area contributed by atoms with Gasteiger partial charge < -0.3 is 15.1 Å². The molecule has 1 unspecified atom stereocenters. The Labute approximate surface area is 95.4 Å². The first-order chi connectivity index (χ1) is 7.81. The second-order valence-corrected chi connectivity index (χ2v) is 4.11. The lowest BCUT2D eigenvalue weighted by atomic mass is 9.99. The highest BCUT2D eigenvalue weighted by molar-refractivity contribution is 5.76. The molecule has 16 heavy (non-hydrogen) atoms. The van der Waals surface area contributed by atoms with Crippen LogP contribution in [0.15, 0.2) is 16.7 Å². The average Bonchev–Trinajstić information content (AvgIpc) is 2.75. The number of carbonyl (C=O) groups excluding carboxylic acids is 1. The molecule has 0 spiro atoms. The van der Waals surface area contributed by atoms with Crippen LogP contribution in [0.1, 0.15) is 37.1 Å². The van der Waals surface area contributed by atoms with Crippen molar-refractivity contribution in [2.24, 2.45) is 0 Å².